The normalized spacial score (nSPS) is 18.4. The molecule has 1 amide bonds. The topological polar surface area (TPSA) is 172 Å². The number of H-pyrrole nitrogens is 1. The van der Waals surface area contributed by atoms with Crippen LogP contribution in [0.5, 0.6) is 11.5 Å². The number of sulfonamides is 1. The van der Waals surface area contributed by atoms with Gasteiger partial charge in [0.1, 0.15) is 22.8 Å². The zero-order valence-electron chi connectivity index (χ0n) is 35.0. The molecule has 0 spiro atoms. The number of pyridine rings is 1. The van der Waals surface area contributed by atoms with Crippen molar-refractivity contribution in [1.82, 2.24) is 19.6 Å². The Labute approximate surface area is 362 Å². The molecule has 1 aliphatic carbocycles. The van der Waals surface area contributed by atoms with Crippen molar-refractivity contribution in [3.63, 3.8) is 0 Å². The number of hydrogen-bond acceptors (Lipinski definition) is 11. The summed E-state index contributed by atoms with van der Waals surface area (Å²) in [6, 6.07) is 15.7. The minimum atomic E-state index is -4.60. The lowest BCUT2D eigenvalue weighted by Crippen LogP contribution is -2.47. The second-order valence-corrected chi connectivity index (χ2v) is 18.8. The van der Waals surface area contributed by atoms with Gasteiger partial charge in [-0.3, -0.25) is 19.8 Å². The number of carbonyl (C=O) groups is 1. The Morgan fingerprint density at radius 1 is 1.06 bits per heavy atom. The standard InChI is InChI=1S/C45H48F3N7O7S/c1-28-20-31(45(46,47)48)4-7-36(28)38-24-44(2,3)13-10-30(38)26-53-15-17-54(18-16-53)33-5-8-37(41(22-33)62-34-21-29-11-14-49-42(29)50-25-34)43(56)52-63(59,60)35-6-9-39(40(23-35)55(57)58)51-32-12-19-61-27-32/h4-9,11,14,20-23,25,32,51H,10,12-13,15-19,24,26-27H2,1-3H3,(H,49,50)(H,52,56)/t32-/m1/s1. The van der Waals surface area contributed by atoms with Crippen LogP contribution in [0.2, 0.25) is 0 Å². The van der Waals surface area contributed by atoms with Crippen molar-refractivity contribution < 1.29 is 40.8 Å². The summed E-state index contributed by atoms with van der Waals surface area (Å²) in [4.78, 5) is 36.6. The molecule has 8 rings (SSSR count). The fourth-order valence-corrected chi connectivity index (χ4v) is 9.53. The number of ether oxygens (including phenoxy) is 2. The van der Waals surface area contributed by atoms with Crippen molar-refractivity contribution in [3.05, 3.63) is 117 Å². The van der Waals surface area contributed by atoms with Gasteiger partial charge in [0, 0.05) is 68.7 Å². The van der Waals surface area contributed by atoms with Crippen molar-refractivity contribution in [1.29, 1.82) is 0 Å². The largest absolute Gasteiger partial charge is 0.455 e. The molecule has 0 saturated carbocycles. The van der Waals surface area contributed by atoms with E-state index in [4.69, 9.17) is 9.47 Å². The summed E-state index contributed by atoms with van der Waals surface area (Å²) >= 11 is 0. The van der Waals surface area contributed by atoms with Crippen LogP contribution in [0.15, 0.2) is 89.6 Å². The number of allylic oxidation sites excluding steroid dienone is 1. The first-order valence-corrected chi connectivity index (χ1v) is 22.2. The molecule has 2 saturated heterocycles. The highest BCUT2D eigenvalue weighted by Crippen LogP contribution is 2.45. The molecule has 3 aliphatic rings. The Kier molecular flexibility index (Phi) is 12.0. The molecule has 18 heteroatoms. The van der Waals surface area contributed by atoms with E-state index in [1.165, 1.54) is 42.1 Å². The zero-order valence-corrected chi connectivity index (χ0v) is 35.9. The number of benzene rings is 3. The molecule has 0 bridgehead atoms. The van der Waals surface area contributed by atoms with Crippen LogP contribution in [0.25, 0.3) is 16.6 Å². The van der Waals surface area contributed by atoms with Gasteiger partial charge >= 0.3 is 6.18 Å². The van der Waals surface area contributed by atoms with Gasteiger partial charge in [0.25, 0.3) is 21.6 Å². The smallest absolute Gasteiger partial charge is 0.416 e. The van der Waals surface area contributed by atoms with Crippen LogP contribution in [-0.4, -0.2) is 86.1 Å². The average molecular weight is 888 g/mol. The number of carbonyl (C=O) groups excluding carboxylic acids is 1. The number of piperazine rings is 1. The second-order valence-electron chi connectivity index (χ2n) is 17.2. The van der Waals surface area contributed by atoms with E-state index < -0.39 is 43.2 Å². The monoisotopic (exact) mass is 887 g/mol. The fraction of sp³-hybridized carbons (Fsp3) is 0.378. The molecule has 0 unspecified atom stereocenters. The number of aryl methyl sites for hydroxylation is 1. The molecule has 1 atom stereocenters. The highest BCUT2D eigenvalue weighted by molar-refractivity contribution is 7.90. The lowest BCUT2D eigenvalue weighted by Gasteiger charge is -2.39. The van der Waals surface area contributed by atoms with E-state index in [9.17, 15) is 36.5 Å². The number of nitrogens with zero attached hydrogens (tertiary/aromatic N) is 4. The Balaban J connectivity index is 1.02. The number of nitrogens with one attached hydrogen (secondary N) is 3. The van der Waals surface area contributed by atoms with Crippen molar-refractivity contribution in [2.75, 3.05) is 56.2 Å². The van der Waals surface area contributed by atoms with Crippen LogP contribution in [0.1, 0.15) is 66.6 Å². The maximum atomic E-state index is 13.9. The van der Waals surface area contributed by atoms with Crippen molar-refractivity contribution >= 4 is 49.6 Å². The van der Waals surface area contributed by atoms with Crippen molar-refractivity contribution in [2.45, 2.75) is 63.6 Å². The first-order chi connectivity index (χ1) is 29.9. The van der Waals surface area contributed by atoms with Gasteiger partial charge in [-0.1, -0.05) is 25.5 Å². The Morgan fingerprint density at radius 3 is 2.57 bits per heavy atom. The fourth-order valence-electron chi connectivity index (χ4n) is 8.54. The first kappa shape index (κ1) is 43.7. The van der Waals surface area contributed by atoms with Gasteiger partial charge in [-0.25, -0.2) is 18.1 Å². The van der Waals surface area contributed by atoms with Crippen molar-refractivity contribution in [3.8, 4) is 11.5 Å². The summed E-state index contributed by atoms with van der Waals surface area (Å²) in [5.74, 6) is -0.640. The van der Waals surface area contributed by atoms with Crippen LogP contribution >= 0.6 is 0 Å². The molecule has 14 nitrogen and oxygen atoms in total. The van der Waals surface area contributed by atoms with Gasteiger partial charge in [0.2, 0.25) is 0 Å². The number of amides is 1. The molecule has 3 N–H and O–H groups in total. The molecular weight excluding hydrogens is 840 g/mol. The molecule has 63 heavy (non-hydrogen) atoms. The van der Waals surface area contributed by atoms with E-state index in [0.717, 1.165) is 47.5 Å². The molecular formula is C45H48F3N7O7S. The average Bonchev–Trinajstić information content (AvgIpc) is 3.93. The van der Waals surface area contributed by atoms with Gasteiger partial charge in [-0.2, -0.15) is 13.2 Å². The Hall–Kier alpha value is -5.98. The van der Waals surface area contributed by atoms with E-state index in [2.05, 4.69) is 43.7 Å². The third-order valence-corrected chi connectivity index (χ3v) is 13.4. The van der Waals surface area contributed by atoms with Crippen LogP contribution in [0.4, 0.5) is 30.2 Å². The van der Waals surface area contributed by atoms with Gasteiger partial charge in [0.05, 0.1) is 39.8 Å². The molecule has 3 aromatic carbocycles. The quantitative estimate of drug-likeness (QED) is 0.0809. The second kappa shape index (κ2) is 17.3. The number of rotatable bonds is 12. The van der Waals surface area contributed by atoms with Gasteiger partial charge in [0.15, 0.2) is 0 Å². The Morgan fingerprint density at radius 2 is 1.86 bits per heavy atom. The number of fused-ring (bicyclic) bond motifs is 1. The van der Waals surface area contributed by atoms with E-state index in [1.54, 1.807) is 37.4 Å². The van der Waals surface area contributed by atoms with E-state index in [0.29, 0.717) is 69.3 Å². The lowest BCUT2D eigenvalue weighted by atomic mass is 9.72. The molecule has 2 aliphatic heterocycles. The van der Waals surface area contributed by atoms with Crippen LogP contribution in [0.3, 0.4) is 0 Å². The number of aromatic nitrogens is 2. The molecule has 4 heterocycles. The van der Waals surface area contributed by atoms with Crippen molar-refractivity contribution in [2.24, 2.45) is 5.41 Å². The Bertz CT molecular complexity index is 2700. The van der Waals surface area contributed by atoms with Crippen LogP contribution in [-0.2, 0) is 20.9 Å². The number of halogens is 3. The zero-order chi connectivity index (χ0) is 44.7. The summed E-state index contributed by atoms with van der Waals surface area (Å²) in [7, 11) is -4.60. The third-order valence-electron chi connectivity index (χ3n) is 12.0. The number of aromatic amines is 1. The number of anilines is 2. The summed E-state index contributed by atoms with van der Waals surface area (Å²) in [5.41, 5.74) is 4.11. The number of alkyl halides is 3. The summed E-state index contributed by atoms with van der Waals surface area (Å²) in [6.07, 6.45) is 2.02. The number of nitro groups is 1. The number of nitro benzene ring substituents is 1. The highest BCUT2D eigenvalue weighted by Gasteiger charge is 2.34. The minimum absolute atomic E-state index is 0.0118. The third kappa shape index (κ3) is 9.82. The van der Waals surface area contributed by atoms with E-state index >= 15 is 0 Å². The highest BCUT2D eigenvalue weighted by atomic mass is 32.2. The van der Waals surface area contributed by atoms with Gasteiger partial charge in [-0.05, 0) is 103 Å². The predicted molar refractivity (Wildman–Crippen MR) is 233 cm³/mol. The van der Waals surface area contributed by atoms with Crippen LogP contribution < -0.4 is 19.7 Å². The SMILES string of the molecule is Cc1cc(C(F)(F)F)ccc1C1=C(CN2CCN(c3ccc(C(=O)NS(=O)(=O)c4ccc(N[C@@H]5CCOC5)c([N+](=O)[O-])c4)c(Oc4cnc5[nH]ccc5c4)c3)CC2)CCC(C)(C)C1. The predicted octanol–water partition coefficient (Wildman–Crippen LogP) is 8.70. The van der Waals surface area contributed by atoms with Gasteiger partial charge < -0.3 is 24.7 Å². The van der Waals surface area contributed by atoms with E-state index in [-0.39, 0.29) is 28.5 Å². The first-order valence-electron chi connectivity index (χ1n) is 20.7. The minimum Gasteiger partial charge on any atom is -0.455 e. The molecule has 332 valence electrons. The van der Waals surface area contributed by atoms with Crippen LogP contribution in [0, 0.1) is 22.5 Å². The molecule has 2 aromatic heterocycles. The molecule has 0 radical (unpaired) electrons. The molecule has 2 fully saturated rings. The maximum Gasteiger partial charge on any atom is 0.416 e. The van der Waals surface area contributed by atoms with E-state index in [1.807, 2.05) is 6.07 Å². The maximum absolute atomic E-state index is 13.9. The van der Waals surface area contributed by atoms with Gasteiger partial charge in [-0.15, -0.1) is 0 Å². The lowest BCUT2D eigenvalue weighted by molar-refractivity contribution is -0.384. The molecule has 5 aromatic rings. The summed E-state index contributed by atoms with van der Waals surface area (Å²) < 4.78 is 81.5. The number of hydrogen-bond donors (Lipinski definition) is 3. The summed E-state index contributed by atoms with van der Waals surface area (Å²) in [5, 5.41) is 15.8. The summed E-state index contributed by atoms with van der Waals surface area (Å²) in [6.45, 7) is 10.3.